The topological polar surface area (TPSA) is 111 Å². The van der Waals surface area contributed by atoms with Gasteiger partial charge in [-0.05, 0) is 122 Å². The number of phosphoric acid groups is 1. The van der Waals surface area contributed by atoms with Crippen molar-refractivity contribution in [2.45, 2.75) is 290 Å². The van der Waals surface area contributed by atoms with Gasteiger partial charge in [-0.2, -0.15) is 0 Å². The number of nitrogens with one attached hydrogen (secondary N) is 1. The van der Waals surface area contributed by atoms with Crippen LogP contribution in [0.4, 0.5) is 0 Å². The van der Waals surface area contributed by atoms with Gasteiger partial charge < -0.3 is 19.4 Å². The van der Waals surface area contributed by atoms with Crippen LogP contribution in [0.15, 0.2) is 122 Å². The van der Waals surface area contributed by atoms with Gasteiger partial charge in [0.05, 0.1) is 33.8 Å². The van der Waals surface area contributed by atoms with Crippen LogP contribution in [0, 0.1) is 0 Å². The van der Waals surface area contributed by atoms with Crippen LogP contribution in [0.5, 0.6) is 0 Å². The van der Waals surface area contributed by atoms with Gasteiger partial charge in [0.15, 0.2) is 0 Å². The molecule has 0 saturated heterocycles. The number of carbonyl (C=O) groups is 2. The number of likely N-dealkylation sites (N-methyl/N-ethyl adjacent to an activating group) is 1. The minimum absolute atomic E-state index is 0.0278. The molecule has 0 aliphatic rings. The molecule has 0 aromatic carbocycles. The highest BCUT2D eigenvalue weighted by Crippen LogP contribution is 2.43. The number of esters is 1. The van der Waals surface area contributed by atoms with Crippen molar-refractivity contribution >= 4 is 19.7 Å². The fourth-order valence-corrected chi connectivity index (χ4v) is 9.92. The molecule has 0 bridgehead atoms. The Bertz CT molecular complexity index is 1830. The van der Waals surface area contributed by atoms with Crippen molar-refractivity contribution in [2.24, 2.45) is 0 Å². The van der Waals surface area contributed by atoms with Crippen molar-refractivity contribution in [2.75, 3.05) is 40.9 Å². The molecular formula is C73H128N2O7P+. The average Bonchev–Trinajstić information content (AvgIpc) is 3.46. The molecule has 2 N–H and O–H groups in total. The fraction of sp³-hybridized carbons (Fsp3) is 0.699. The second-order valence-corrected chi connectivity index (χ2v) is 25.1. The molecule has 0 spiro atoms. The van der Waals surface area contributed by atoms with Crippen LogP contribution in [0.1, 0.15) is 278 Å². The predicted octanol–water partition coefficient (Wildman–Crippen LogP) is 21.4. The van der Waals surface area contributed by atoms with Crippen LogP contribution in [0.2, 0.25) is 0 Å². The highest BCUT2D eigenvalue weighted by atomic mass is 31.2. The number of rotatable bonds is 60. The highest BCUT2D eigenvalue weighted by Gasteiger charge is 2.30. The molecule has 0 heterocycles. The van der Waals surface area contributed by atoms with Crippen molar-refractivity contribution < 1.29 is 37.3 Å². The van der Waals surface area contributed by atoms with Gasteiger partial charge in [0.1, 0.15) is 19.3 Å². The number of nitrogens with zero attached hydrogens (tertiary/aromatic N) is 1. The number of amides is 1. The molecule has 0 saturated carbocycles. The number of hydrogen-bond donors (Lipinski definition) is 2. The van der Waals surface area contributed by atoms with Crippen LogP contribution in [-0.2, 0) is 27.9 Å². The summed E-state index contributed by atoms with van der Waals surface area (Å²) in [6, 6.07) is -0.873. The zero-order chi connectivity index (χ0) is 60.7. The van der Waals surface area contributed by atoms with Gasteiger partial charge in [-0.3, -0.25) is 18.6 Å². The maximum atomic E-state index is 13.6. The maximum absolute atomic E-state index is 13.6. The van der Waals surface area contributed by atoms with E-state index in [2.05, 4.69) is 135 Å². The van der Waals surface area contributed by atoms with Crippen molar-refractivity contribution in [1.82, 2.24) is 5.32 Å². The molecule has 3 atom stereocenters. The Morgan fingerprint density at radius 1 is 0.434 bits per heavy atom. The van der Waals surface area contributed by atoms with E-state index in [0.29, 0.717) is 17.4 Å². The smallest absolute Gasteiger partial charge is 0.456 e. The Labute approximate surface area is 512 Å². The first-order valence-electron chi connectivity index (χ1n) is 33.9. The average molecular weight is 1180 g/mol. The fourth-order valence-electron chi connectivity index (χ4n) is 9.19. The largest absolute Gasteiger partial charge is 0.472 e. The summed E-state index contributed by atoms with van der Waals surface area (Å²) in [5.74, 6) is -0.543. The molecule has 1 amide bonds. The Morgan fingerprint density at radius 3 is 1.18 bits per heavy atom. The Morgan fingerprint density at radius 2 is 0.771 bits per heavy atom. The van der Waals surface area contributed by atoms with E-state index in [-0.39, 0.29) is 31.5 Å². The molecule has 0 rings (SSSR count). The van der Waals surface area contributed by atoms with Crippen molar-refractivity contribution in [3.05, 3.63) is 122 Å². The first kappa shape index (κ1) is 79.4. The number of carbonyl (C=O) groups excluding carboxylic acids is 2. The van der Waals surface area contributed by atoms with Gasteiger partial charge >= 0.3 is 13.8 Å². The minimum Gasteiger partial charge on any atom is -0.456 e. The molecule has 83 heavy (non-hydrogen) atoms. The van der Waals surface area contributed by atoms with Crippen LogP contribution >= 0.6 is 7.82 Å². The molecule has 9 nitrogen and oxygen atoms in total. The minimum atomic E-state index is -4.47. The third kappa shape index (κ3) is 62.8. The molecule has 0 aromatic rings. The van der Waals surface area contributed by atoms with Crippen molar-refractivity contribution in [3.63, 3.8) is 0 Å². The number of unbranched alkanes of at least 4 members (excludes halogenated alkanes) is 26. The summed E-state index contributed by atoms with van der Waals surface area (Å²) >= 11 is 0. The molecule has 0 aliphatic heterocycles. The maximum Gasteiger partial charge on any atom is 0.472 e. The SMILES string of the molecule is CC/C=C\C/C=C\C/C=C\C/C=C\C/C=C\CCCCCCCC(=O)NC(COP(=O)(O)OCC[N+](C)(C)C)C(/C=C/CCCCCCCCCCCCC)OC(=O)CCCCCCCCC/C=C\C/C=C\C/C=C\C/C=C\CCCCC. The lowest BCUT2D eigenvalue weighted by molar-refractivity contribution is -0.870. The summed E-state index contributed by atoms with van der Waals surface area (Å²) in [5.41, 5.74) is 0. The van der Waals surface area contributed by atoms with E-state index in [1.807, 2.05) is 33.3 Å². The van der Waals surface area contributed by atoms with Gasteiger partial charge in [-0.15, -0.1) is 0 Å². The Hall–Kier alpha value is -3.59. The summed E-state index contributed by atoms with van der Waals surface area (Å²) in [6.45, 7) is 6.85. The van der Waals surface area contributed by atoms with Crippen molar-refractivity contribution in [1.29, 1.82) is 0 Å². The van der Waals surface area contributed by atoms with E-state index in [9.17, 15) is 19.0 Å². The molecule has 3 unspecified atom stereocenters. The van der Waals surface area contributed by atoms with Crippen LogP contribution in [-0.4, -0.2) is 74.3 Å². The van der Waals surface area contributed by atoms with Crippen LogP contribution in [0.25, 0.3) is 0 Å². The number of phosphoric ester groups is 1. The zero-order valence-electron chi connectivity index (χ0n) is 54.4. The third-order valence-corrected chi connectivity index (χ3v) is 15.4. The molecular weight excluding hydrogens is 1050 g/mol. The van der Waals surface area contributed by atoms with E-state index in [1.165, 1.54) is 103 Å². The molecule has 476 valence electrons. The summed E-state index contributed by atoms with van der Waals surface area (Å²) in [4.78, 5) is 37.9. The lowest BCUT2D eigenvalue weighted by Crippen LogP contribution is -2.47. The van der Waals surface area contributed by atoms with E-state index in [4.69, 9.17) is 13.8 Å². The first-order chi connectivity index (χ1) is 40.4. The summed E-state index contributed by atoms with van der Waals surface area (Å²) in [6.07, 6.45) is 86.2. The zero-order valence-corrected chi connectivity index (χ0v) is 55.3. The Balaban J connectivity index is 5.27. The summed E-state index contributed by atoms with van der Waals surface area (Å²) < 4.78 is 30.8. The number of allylic oxidation sites excluding steroid dienone is 19. The van der Waals surface area contributed by atoms with Gasteiger partial charge in [-0.1, -0.05) is 265 Å². The van der Waals surface area contributed by atoms with Crippen LogP contribution in [0.3, 0.4) is 0 Å². The van der Waals surface area contributed by atoms with E-state index in [1.54, 1.807) is 0 Å². The second kappa shape index (κ2) is 61.5. The second-order valence-electron chi connectivity index (χ2n) is 23.6. The molecule has 0 radical (unpaired) electrons. The molecule has 0 aliphatic carbocycles. The normalized spacial score (nSPS) is 14.3. The van der Waals surface area contributed by atoms with Crippen LogP contribution < -0.4 is 5.32 Å². The van der Waals surface area contributed by atoms with Gasteiger partial charge in [0, 0.05) is 12.8 Å². The molecule has 0 aromatic heterocycles. The predicted molar refractivity (Wildman–Crippen MR) is 360 cm³/mol. The van der Waals surface area contributed by atoms with Crippen molar-refractivity contribution in [3.8, 4) is 0 Å². The summed E-state index contributed by atoms with van der Waals surface area (Å²) in [5, 5.41) is 3.05. The standard InChI is InChI=1S/C73H127N2O7P/c1-7-10-13-16-19-22-25-28-30-32-34-36-37-39-41-43-45-48-51-54-57-60-63-66-73(77)82-71(64-61-58-55-52-49-46-27-24-21-18-15-12-9-3)70(69-81-83(78,79)80-68-67-75(4,5)6)74-72(76)65-62-59-56-53-50-47-44-42-40-38-35-33-31-29-26-23-20-17-14-11-8-2/h11,14,19-20,22-23,28-31,34-36,38-39,41-42,44,61,64,70-71H,7-10,12-13,15-18,21,24-27,32-33,37,40,43,45-60,62-63,65-69H2,1-6H3,(H-,74,76,78,79)/p+1/b14-11-,22-19-,23-20-,30-28-,31-29-,36-34-,38-35-,41-39-,44-42-,64-61+. The lowest BCUT2D eigenvalue weighted by atomic mass is 10.0. The highest BCUT2D eigenvalue weighted by molar-refractivity contribution is 7.47. The van der Waals surface area contributed by atoms with Gasteiger partial charge in [0.25, 0.3) is 0 Å². The Kier molecular flexibility index (Phi) is 58.8. The van der Waals surface area contributed by atoms with E-state index < -0.39 is 20.0 Å². The lowest BCUT2D eigenvalue weighted by Gasteiger charge is -2.27. The third-order valence-electron chi connectivity index (χ3n) is 14.4. The number of hydrogen-bond acceptors (Lipinski definition) is 6. The number of quaternary nitrogens is 1. The monoisotopic (exact) mass is 1180 g/mol. The van der Waals surface area contributed by atoms with E-state index >= 15 is 0 Å². The molecule has 10 heteroatoms. The van der Waals surface area contributed by atoms with E-state index in [0.717, 1.165) is 141 Å². The quantitative estimate of drug-likeness (QED) is 0.0205. The summed E-state index contributed by atoms with van der Waals surface area (Å²) in [7, 11) is 1.46. The van der Waals surface area contributed by atoms with Gasteiger partial charge in [-0.25, -0.2) is 4.57 Å². The van der Waals surface area contributed by atoms with Gasteiger partial charge in [0.2, 0.25) is 5.91 Å². The first-order valence-corrected chi connectivity index (χ1v) is 35.4. The number of ether oxygens (including phenoxy) is 1. The molecule has 0 fully saturated rings.